The minimum atomic E-state index is -1.06. The van der Waals surface area contributed by atoms with Crippen molar-refractivity contribution in [3.8, 4) is 0 Å². The van der Waals surface area contributed by atoms with Crippen LogP contribution in [0.25, 0.3) is 0 Å². The molecule has 0 fully saturated rings. The lowest BCUT2D eigenvalue weighted by molar-refractivity contribution is -0.138. The molecule has 1 aromatic rings. The van der Waals surface area contributed by atoms with Gasteiger partial charge in [0.1, 0.15) is 11.7 Å². The standard InChI is InChI=1S/C8H10N2O3/c1-5(8(12)13)10-7(11)6-3-2-4-9-6/h2-5,9H,1H3,(H,10,11)(H,12,13)/t5-/m1/s1. The fourth-order valence-corrected chi connectivity index (χ4v) is 0.808. The molecule has 1 atom stereocenters. The number of H-pyrrole nitrogens is 1. The highest BCUT2D eigenvalue weighted by atomic mass is 16.4. The zero-order valence-electron chi connectivity index (χ0n) is 7.07. The zero-order chi connectivity index (χ0) is 9.84. The number of rotatable bonds is 3. The number of carbonyl (C=O) groups excluding carboxylic acids is 1. The summed E-state index contributed by atoms with van der Waals surface area (Å²) in [6.07, 6.45) is 1.60. The third kappa shape index (κ3) is 2.33. The number of hydrogen-bond acceptors (Lipinski definition) is 2. The van der Waals surface area contributed by atoms with E-state index < -0.39 is 17.9 Å². The van der Waals surface area contributed by atoms with E-state index in [2.05, 4.69) is 10.3 Å². The van der Waals surface area contributed by atoms with Crippen molar-refractivity contribution >= 4 is 11.9 Å². The van der Waals surface area contributed by atoms with Gasteiger partial charge in [0.15, 0.2) is 0 Å². The van der Waals surface area contributed by atoms with Gasteiger partial charge in [-0.05, 0) is 19.1 Å². The molecule has 0 aliphatic heterocycles. The molecule has 0 unspecified atom stereocenters. The number of hydrogen-bond donors (Lipinski definition) is 3. The Bertz CT molecular complexity index is 305. The van der Waals surface area contributed by atoms with Crippen molar-refractivity contribution < 1.29 is 14.7 Å². The molecule has 1 aromatic heterocycles. The van der Waals surface area contributed by atoms with Crippen LogP contribution >= 0.6 is 0 Å². The second kappa shape index (κ2) is 3.75. The summed E-state index contributed by atoms with van der Waals surface area (Å²) in [6.45, 7) is 1.41. The Morgan fingerprint density at radius 1 is 1.62 bits per heavy atom. The second-order valence-electron chi connectivity index (χ2n) is 2.62. The van der Waals surface area contributed by atoms with E-state index in [1.165, 1.54) is 6.92 Å². The van der Waals surface area contributed by atoms with Crippen LogP contribution in [0.5, 0.6) is 0 Å². The Hall–Kier alpha value is -1.78. The van der Waals surface area contributed by atoms with E-state index in [0.29, 0.717) is 5.69 Å². The van der Waals surface area contributed by atoms with Gasteiger partial charge in [0.25, 0.3) is 5.91 Å². The van der Waals surface area contributed by atoms with Crippen molar-refractivity contribution in [1.82, 2.24) is 10.3 Å². The van der Waals surface area contributed by atoms with Crippen LogP contribution in [0.3, 0.4) is 0 Å². The summed E-state index contributed by atoms with van der Waals surface area (Å²) in [5, 5.41) is 10.8. The van der Waals surface area contributed by atoms with Crippen molar-refractivity contribution in [2.24, 2.45) is 0 Å². The highest BCUT2D eigenvalue weighted by molar-refractivity contribution is 5.94. The molecule has 0 aromatic carbocycles. The summed E-state index contributed by atoms with van der Waals surface area (Å²) in [5.74, 6) is -1.47. The minimum Gasteiger partial charge on any atom is -0.480 e. The molecule has 1 amide bonds. The largest absolute Gasteiger partial charge is 0.480 e. The Labute approximate surface area is 74.8 Å². The van der Waals surface area contributed by atoms with E-state index in [1.807, 2.05) is 0 Å². The van der Waals surface area contributed by atoms with Crippen molar-refractivity contribution in [3.63, 3.8) is 0 Å². The predicted octanol–water partition coefficient (Wildman–Crippen LogP) is 0.218. The molecule has 1 heterocycles. The van der Waals surface area contributed by atoms with Crippen LogP contribution < -0.4 is 5.32 Å². The lowest BCUT2D eigenvalue weighted by atomic mass is 10.3. The lowest BCUT2D eigenvalue weighted by Crippen LogP contribution is -2.38. The zero-order valence-corrected chi connectivity index (χ0v) is 7.07. The summed E-state index contributed by atoms with van der Waals surface area (Å²) >= 11 is 0. The Kier molecular flexibility index (Phi) is 2.69. The minimum absolute atomic E-state index is 0.355. The molecule has 0 aliphatic rings. The first-order valence-corrected chi connectivity index (χ1v) is 3.78. The first-order valence-electron chi connectivity index (χ1n) is 3.78. The quantitative estimate of drug-likeness (QED) is 0.625. The van der Waals surface area contributed by atoms with Crippen molar-refractivity contribution in [2.45, 2.75) is 13.0 Å². The number of amides is 1. The maximum atomic E-state index is 11.2. The number of carboxylic acids is 1. The first kappa shape index (κ1) is 9.31. The van der Waals surface area contributed by atoms with Crippen LogP contribution in [0, 0.1) is 0 Å². The van der Waals surface area contributed by atoms with Crippen LogP contribution in [-0.2, 0) is 4.79 Å². The number of aromatic nitrogens is 1. The van der Waals surface area contributed by atoms with Gasteiger partial charge in [-0.1, -0.05) is 0 Å². The van der Waals surface area contributed by atoms with Crippen molar-refractivity contribution in [1.29, 1.82) is 0 Å². The smallest absolute Gasteiger partial charge is 0.325 e. The number of nitrogens with one attached hydrogen (secondary N) is 2. The van der Waals surface area contributed by atoms with Gasteiger partial charge in [0, 0.05) is 6.20 Å². The van der Waals surface area contributed by atoms with Gasteiger partial charge in [-0.3, -0.25) is 9.59 Å². The van der Waals surface area contributed by atoms with E-state index in [-0.39, 0.29) is 0 Å². The second-order valence-corrected chi connectivity index (χ2v) is 2.62. The molecule has 0 saturated heterocycles. The normalized spacial score (nSPS) is 12.1. The average Bonchev–Trinajstić information content (AvgIpc) is 2.55. The van der Waals surface area contributed by atoms with Crippen LogP contribution in [0.15, 0.2) is 18.3 Å². The fourth-order valence-electron chi connectivity index (χ4n) is 0.808. The lowest BCUT2D eigenvalue weighted by Gasteiger charge is -2.07. The maximum Gasteiger partial charge on any atom is 0.325 e. The molecule has 70 valence electrons. The van der Waals surface area contributed by atoms with Crippen LogP contribution in [0.1, 0.15) is 17.4 Å². The average molecular weight is 182 g/mol. The Morgan fingerprint density at radius 2 is 2.31 bits per heavy atom. The number of carbonyl (C=O) groups is 2. The van der Waals surface area contributed by atoms with Gasteiger partial charge in [-0.2, -0.15) is 0 Å². The topological polar surface area (TPSA) is 82.2 Å². The van der Waals surface area contributed by atoms with Gasteiger partial charge < -0.3 is 15.4 Å². The van der Waals surface area contributed by atoms with Gasteiger partial charge >= 0.3 is 5.97 Å². The number of carboxylic acid groups (broad SMARTS) is 1. The van der Waals surface area contributed by atoms with Gasteiger partial charge in [0.05, 0.1) is 0 Å². The Balaban J connectivity index is 2.56. The van der Waals surface area contributed by atoms with Gasteiger partial charge in [0.2, 0.25) is 0 Å². The van der Waals surface area contributed by atoms with Crippen LogP contribution in [-0.4, -0.2) is 28.0 Å². The molecule has 5 heteroatoms. The van der Waals surface area contributed by atoms with E-state index in [0.717, 1.165) is 0 Å². The van der Waals surface area contributed by atoms with E-state index in [4.69, 9.17) is 5.11 Å². The molecule has 0 saturated carbocycles. The molecule has 5 nitrogen and oxygen atoms in total. The fraction of sp³-hybridized carbons (Fsp3) is 0.250. The molecule has 0 aliphatic carbocycles. The highest BCUT2D eigenvalue weighted by Gasteiger charge is 2.14. The predicted molar refractivity (Wildman–Crippen MR) is 45.4 cm³/mol. The molecule has 1 rings (SSSR count). The monoisotopic (exact) mass is 182 g/mol. The molecule has 0 radical (unpaired) electrons. The van der Waals surface area contributed by atoms with Gasteiger partial charge in [-0.15, -0.1) is 0 Å². The molecule has 3 N–H and O–H groups in total. The Morgan fingerprint density at radius 3 is 2.77 bits per heavy atom. The first-order chi connectivity index (χ1) is 6.11. The van der Waals surface area contributed by atoms with E-state index in [1.54, 1.807) is 18.3 Å². The van der Waals surface area contributed by atoms with E-state index >= 15 is 0 Å². The third-order valence-electron chi connectivity index (χ3n) is 1.56. The van der Waals surface area contributed by atoms with Gasteiger partial charge in [-0.25, -0.2) is 0 Å². The number of aliphatic carboxylic acids is 1. The molecule has 13 heavy (non-hydrogen) atoms. The molecule has 0 spiro atoms. The summed E-state index contributed by atoms with van der Waals surface area (Å²) in [7, 11) is 0. The summed E-state index contributed by atoms with van der Waals surface area (Å²) in [4.78, 5) is 24.3. The molecular formula is C8H10N2O3. The van der Waals surface area contributed by atoms with Crippen molar-refractivity contribution in [3.05, 3.63) is 24.0 Å². The summed E-state index contributed by atoms with van der Waals surface area (Å²) in [5.41, 5.74) is 0.355. The van der Waals surface area contributed by atoms with Crippen LogP contribution in [0.2, 0.25) is 0 Å². The molecular weight excluding hydrogens is 172 g/mol. The van der Waals surface area contributed by atoms with E-state index in [9.17, 15) is 9.59 Å². The SMILES string of the molecule is C[C@@H](NC(=O)c1ccc[nH]1)C(=O)O. The third-order valence-corrected chi connectivity index (χ3v) is 1.56. The van der Waals surface area contributed by atoms with Crippen LogP contribution in [0.4, 0.5) is 0 Å². The molecule has 0 bridgehead atoms. The number of aromatic amines is 1. The maximum absolute atomic E-state index is 11.2. The summed E-state index contributed by atoms with van der Waals surface area (Å²) in [6, 6.07) is 2.36. The van der Waals surface area contributed by atoms with Crippen molar-refractivity contribution in [2.75, 3.05) is 0 Å². The highest BCUT2D eigenvalue weighted by Crippen LogP contribution is 1.94. The summed E-state index contributed by atoms with van der Waals surface area (Å²) < 4.78 is 0.